The van der Waals surface area contributed by atoms with E-state index in [0.29, 0.717) is 9.13 Å². The van der Waals surface area contributed by atoms with Gasteiger partial charge in [-0.3, -0.25) is 4.79 Å². The van der Waals surface area contributed by atoms with Crippen LogP contribution in [0.2, 0.25) is 0 Å². The molecular weight excluding hydrogens is 352 g/mol. The lowest BCUT2D eigenvalue weighted by Gasteiger charge is -2.11. The Morgan fingerprint density at radius 2 is 2.33 bits per heavy atom. The summed E-state index contributed by atoms with van der Waals surface area (Å²) >= 11 is 1.89. The number of amidine groups is 1. The third-order valence-corrected chi connectivity index (χ3v) is 3.26. The van der Waals surface area contributed by atoms with E-state index in [9.17, 15) is 9.18 Å². The van der Waals surface area contributed by atoms with Gasteiger partial charge in [-0.2, -0.15) is 0 Å². The van der Waals surface area contributed by atoms with E-state index in [-0.39, 0.29) is 30.0 Å². The van der Waals surface area contributed by atoms with Crippen molar-refractivity contribution >= 4 is 34.3 Å². The summed E-state index contributed by atoms with van der Waals surface area (Å²) < 4.78 is 13.4. The maximum absolute atomic E-state index is 12.9. The third-order valence-electron chi connectivity index (χ3n) is 2.36. The minimum atomic E-state index is -0.388. The van der Waals surface area contributed by atoms with Gasteiger partial charge in [-0.1, -0.05) is 12.1 Å². The molecule has 5 nitrogen and oxygen atoms in total. The summed E-state index contributed by atoms with van der Waals surface area (Å²) in [7, 11) is 0. The van der Waals surface area contributed by atoms with Crippen molar-refractivity contribution in [3.05, 3.63) is 33.1 Å². The first-order valence-corrected chi connectivity index (χ1v) is 6.24. The molecule has 98 valence electrons. The van der Waals surface area contributed by atoms with Gasteiger partial charge in [-0.25, -0.2) is 4.39 Å². The summed E-state index contributed by atoms with van der Waals surface area (Å²) in [6, 6.07) is 3.92. The minimum Gasteiger partial charge on any atom is -0.409 e. The van der Waals surface area contributed by atoms with Crippen molar-refractivity contribution in [1.82, 2.24) is 5.32 Å². The first-order chi connectivity index (χ1) is 8.45. The van der Waals surface area contributed by atoms with Crippen molar-refractivity contribution in [1.29, 1.82) is 0 Å². The summed E-state index contributed by atoms with van der Waals surface area (Å²) in [4.78, 5) is 11.8. The van der Waals surface area contributed by atoms with Gasteiger partial charge in [0.05, 0.1) is 5.56 Å². The molecule has 7 heteroatoms. The second-order valence-electron chi connectivity index (χ2n) is 3.76. The van der Waals surface area contributed by atoms with Gasteiger partial charge in [0, 0.05) is 16.0 Å². The molecule has 0 saturated carbocycles. The Hall–Kier alpha value is -1.38. The average molecular weight is 365 g/mol. The van der Waals surface area contributed by atoms with E-state index in [0.717, 1.165) is 0 Å². The number of hydrogen-bond acceptors (Lipinski definition) is 3. The summed E-state index contributed by atoms with van der Waals surface area (Å²) in [5.74, 6) is -0.945. The fourth-order valence-electron chi connectivity index (χ4n) is 1.22. The monoisotopic (exact) mass is 365 g/mol. The molecule has 1 unspecified atom stereocenters. The lowest BCUT2D eigenvalue weighted by molar-refractivity contribution is 0.0950. The fraction of sp³-hybridized carbons (Fsp3) is 0.273. The minimum absolute atomic E-state index is 0.0455. The number of carbonyl (C=O) groups excluding carboxylic acids is 1. The first kappa shape index (κ1) is 14.7. The number of carbonyl (C=O) groups is 1. The van der Waals surface area contributed by atoms with Gasteiger partial charge in [-0.15, -0.1) is 0 Å². The van der Waals surface area contributed by atoms with E-state index in [1.54, 1.807) is 6.92 Å². The first-order valence-electron chi connectivity index (χ1n) is 5.16. The van der Waals surface area contributed by atoms with Crippen LogP contribution in [0.5, 0.6) is 0 Å². The molecule has 0 saturated heterocycles. The van der Waals surface area contributed by atoms with Gasteiger partial charge in [0.25, 0.3) is 5.91 Å². The Balaban J connectivity index is 2.66. The lowest BCUT2D eigenvalue weighted by Crippen LogP contribution is -2.35. The summed E-state index contributed by atoms with van der Waals surface area (Å²) in [6.07, 6.45) is 0. The number of amides is 1. The number of oxime groups is 1. The predicted molar refractivity (Wildman–Crippen MR) is 74.0 cm³/mol. The highest BCUT2D eigenvalue weighted by Crippen LogP contribution is 2.13. The van der Waals surface area contributed by atoms with Gasteiger partial charge in [0.1, 0.15) is 11.7 Å². The molecule has 0 aromatic heterocycles. The quantitative estimate of drug-likeness (QED) is 0.249. The molecule has 1 rings (SSSR count). The van der Waals surface area contributed by atoms with Gasteiger partial charge >= 0.3 is 0 Å². The van der Waals surface area contributed by atoms with Crippen molar-refractivity contribution in [2.24, 2.45) is 16.8 Å². The molecule has 0 aliphatic rings. The van der Waals surface area contributed by atoms with Gasteiger partial charge in [0.15, 0.2) is 0 Å². The number of halogens is 2. The van der Waals surface area contributed by atoms with Crippen LogP contribution >= 0.6 is 22.6 Å². The van der Waals surface area contributed by atoms with E-state index in [4.69, 9.17) is 10.9 Å². The number of nitrogens with zero attached hydrogens (tertiary/aromatic N) is 1. The molecule has 18 heavy (non-hydrogen) atoms. The molecule has 1 aromatic carbocycles. The topological polar surface area (TPSA) is 87.7 Å². The molecular formula is C11H13FIN3O2. The number of nitrogens with one attached hydrogen (secondary N) is 1. The number of benzene rings is 1. The molecule has 0 heterocycles. The van der Waals surface area contributed by atoms with Crippen LogP contribution in [-0.2, 0) is 0 Å². The van der Waals surface area contributed by atoms with Crippen LogP contribution in [-0.4, -0.2) is 23.5 Å². The largest absolute Gasteiger partial charge is 0.409 e. The second kappa shape index (κ2) is 6.53. The number of rotatable bonds is 4. The maximum atomic E-state index is 12.9. The molecule has 1 atom stereocenters. The Kier molecular flexibility index (Phi) is 5.32. The zero-order valence-corrected chi connectivity index (χ0v) is 11.8. The second-order valence-corrected chi connectivity index (χ2v) is 4.92. The smallest absolute Gasteiger partial charge is 0.252 e. The van der Waals surface area contributed by atoms with E-state index in [1.807, 2.05) is 22.6 Å². The molecule has 4 N–H and O–H groups in total. The Morgan fingerprint density at radius 1 is 1.67 bits per heavy atom. The summed E-state index contributed by atoms with van der Waals surface area (Å²) in [6.45, 7) is 1.95. The predicted octanol–water partition coefficient (Wildman–Crippen LogP) is 1.54. The van der Waals surface area contributed by atoms with Crippen LogP contribution in [0, 0.1) is 15.3 Å². The molecule has 1 aromatic rings. The molecule has 0 aliphatic heterocycles. The molecule has 1 amide bonds. The van der Waals surface area contributed by atoms with Crippen LogP contribution in [0.25, 0.3) is 0 Å². The normalized spacial score (nSPS) is 13.2. The van der Waals surface area contributed by atoms with Crippen LogP contribution in [0.3, 0.4) is 0 Å². The van der Waals surface area contributed by atoms with E-state index >= 15 is 0 Å². The van der Waals surface area contributed by atoms with E-state index in [1.165, 1.54) is 18.2 Å². The van der Waals surface area contributed by atoms with Crippen LogP contribution in [0.4, 0.5) is 4.39 Å². The van der Waals surface area contributed by atoms with E-state index < -0.39 is 0 Å². The SMILES string of the molecule is CC(CNC(=O)c1ccc(F)cc1I)/C(N)=N/O. The van der Waals surface area contributed by atoms with Crippen LogP contribution in [0.1, 0.15) is 17.3 Å². The summed E-state index contributed by atoms with van der Waals surface area (Å²) in [5.41, 5.74) is 5.78. The summed E-state index contributed by atoms with van der Waals surface area (Å²) in [5, 5.41) is 14.0. The van der Waals surface area contributed by atoms with Crippen molar-refractivity contribution < 1.29 is 14.4 Å². The highest BCUT2D eigenvalue weighted by molar-refractivity contribution is 14.1. The van der Waals surface area contributed by atoms with Gasteiger partial charge in [-0.05, 0) is 40.8 Å². The maximum Gasteiger partial charge on any atom is 0.252 e. The van der Waals surface area contributed by atoms with Crippen molar-refractivity contribution in [2.75, 3.05) is 6.54 Å². The van der Waals surface area contributed by atoms with E-state index in [2.05, 4.69) is 10.5 Å². The highest BCUT2D eigenvalue weighted by atomic mass is 127. The molecule has 0 bridgehead atoms. The zero-order valence-electron chi connectivity index (χ0n) is 9.65. The Labute approximate surface area is 117 Å². The molecule has 0 fully saturated rings. The van der Waals surface area contributed by atoms with Crippen LogP contribution in [0.15, 0.2) is 23.4 Å². The van der Waals surface area contributed by atoms with Gasteiger partial charge in [0.2, 0.25) is 0 Å². The zero-order chi connectivity index (χ0) is 13.7. The van der Waals surface area contributed by atoms with Crippen molar-refractivity contribution in [3.63, 3.8) is 0 Å². The fourth-order valence-corrected chi connectivity index (χ4v) is 1.94. The van der Waals surface area contributed by atoms with Crippen molar-refractivity contribution in [2.45, 2.75) is 6.92 Å². The number of nitrogens with two attached hydrogens (primary N) is 1. The molecule has 0 spiro atoms. The standard InChI is InChI=1S/C11H13FIN3O2/c1-6(10(14)16-18)5-15-11(17)8-3-2-7(12)4-9(8)13/h2-4,6,18H,5H2,1H3,(H2,14,16)(H,15,17). The van der Waals surface area contributed by atoms with Gasteiger partial charge < -0.3 is 16.3 Å². The average Bonchev–Trinajstić information content (AvgIpc) is 2.34. The van der Waals surface area contributed by atoms with Crippen molar-refractivity contribution in [3.8, 4) is 0 Å². The number of hydrogen-bond donors (Lipinski definition) is 3. The van der Waals surface area contributed by atoms with Crippen LogP contribution < -0.4 is 11.1 Å². The Morgan fingerprint density at radius 3 is 2.89 bits per heavy atom. The highest BCUT2D eigenvalue weighted by Gasteiger charge is 2.13. The lowest BCUT2D eigenvalue weighted by atomic mass is 10.1. The Bertz CT molecular complexity index is 479. The molecule has 0 radical (unpaired) electrons. The third kappa shape index (κ3) is 3.83. The molecule has 0 aliphatic carbocycles.